The molecule has 1 atom stereocenters. The molecule has 0 aliphatic carbocycles. The van der Waals surface area contributed by atoms with Gasteiger partial charge in [-0.25, -0.2) is 4.39 Å². The first-order valence-corrected chi connectivity index (χ1v) is 11.9. The fraction of sp³-hybridized carbons (Fsp3) is 0.233. The molecule has 3 aromatic carbocycles. The Balaban J connectivity index is 1.93. The highest BCUT2D eigenvalue weighted by molar-refractivity contribution is 6.51. The first-order valence-electron chi connectivity index (χ1n) is 11.9. The molecule has 1 amide bonds. The number of halogens is 1. The standard InChI is InChI=1S/C30H27FN2O4/c1-5-37-24-15-10-20(16-23(24)30(2,3)4)27(34)25-26(19-8-11-21(31)12-9-19)33(29(36)28(25)35)22-13-6-18(17-32)7-14-22/h6-16,26,34H,5H2,1-4H3/b27-25-. The number of benzene rings is 3. The quantitative estimate of drug-likeness (QED) is 0.264. The van der Waals surface area contributed by atoms with Crippen LogP contribution in [0, 0.1) is 17.1 Å². The molecule has 0 bridgehead atoms. The smallest absolute Gasteiger partial charge is 0.300 e. The molecule has 1 N–H and O–H groups in total. The van der Waals surface area contributed by atoms with Crippen molar-refractivity contribution in [2.45, 2.75) is 39.2 Å². The fourth-order valence-electron chi connectivity index (χ4n) is 4.46. The van der Waals surface area contributed by atoms with Crippen LogP contribution in [0.15, 0.2) is 72.3 Å². The van der Waals surface area contributed by atoms with Gasteiger partial charge in [0.25, 0.3) is 11.7 Å². The predicted octanol–water partition coefficient (Wildman–Crippen LogP) is 6.02. The molecule has 1 unspecified atom stereocenters. The summed E-state index contributed by atoms with van der Waals surface area (Å²) in [6.45, 7) is 8.38. The van der Waals surface area contributed by atoms with Crippen LogP contribution in [0.25, 0.3) is 5.76 Å². The minimum absolute atomic E-state index is 0.106. The molecule has 0 saturated carbocycles. The van der Waals surface area contributed by atoms with E-state index in [0.717, 1.165) is 5.56 Å². The van der Waals surface area contributed by atoms with Crippen LogP contribution in [-0.2, 0) is 15.0 Å². The van der Waals surface area contributed by atoms with E-state index in [2.05, 4.69) is 0 Å². The van der Waals surface area contributed by atoms with Gasteiger partial charge < -0.3 is 9.84 Å². The van der Waals surface area contributed by atoms with Gasteiger partial charge in [0.15, 0.2) is 0 Å². The average Bonchev–Trinajstić information content (AvgIpc) is 3.14. The minimum atomic E-state index is -1.00. The maximum Gasteiger partial charge on any atom is 0.300 e. The number of anilines is 1. The van der Waals surface area contributed by atoms with E-state index in [-0.39, 0.29) is 16.7 Å². The molecule has 0 radical (unpaired) electrons. The van der Waals surface area contributed by atoms with Gasteiger partial charge in [-0.2, -0.15) is 5.26 Å². The SMILES string of the molecule is CCOc1ccc(/C(O)=C2/C(=O)C(=O)N(c3ccc(C#N)cc3)C2c2ccc(F)cc2)cc1C(C)(C)C. The molecule has 3 aromatic rings. The molecule has 7 heteroatoms. The van der Waals surface area contributed by atoms with Crippen molar-refractivity contribution in [3.05, 3.63) is 100 Å². The highest BCUT2D eigenvalue weighted by Gasteiger charge is 2.47. The predicted molar refractivity (Wildman–Crippen MR) is 139 cm³/mol. The molecular formula is C30H27FN2O4. The molecular weight excluding hydrogens is 471 g/mol. The average molecular weight is 499 g/mol. The summed E-state index contributed by atoms with van der Waals surface area (Å²) < 4.78 is 19.5. The molecule has 37 heavy (non-hydrogen) atoms. The van der Waals surface area contributed by atoms with Crippen molar-refractivity contribution in [2.75, 3.05) is 11.5 Å². The van der Waals surface area contributed by atoms with Crippen molar-refractivity contribution in [1.29, 1.82) is 5.26 Å². The Morgan fingerprint density at radius 3 is 2.27 bits per heavy atom. The first-order chi connectivity index (χ1) is 17.6. The Labute approximate surface area is 215 Å². The van der Waals surface area contributed by atoms with Crippen molar-refractivity contribution in [2.24, 2.45) is 0 Å². The zero-order valence-corrected chi connectivity index (χ0v) is 21.1. The monoisotopic (exact) mass is 498 g/mol. The Bertz CT molecular complexity index is 1430. The highest BCUT2D eigenvalue weighted by atomic mass is 19.1. The lowest BCUT2D eigenvalue weighted by Crippen LogP contribution is -2.29. The molecule has 1 aliphatic heterocycles. The van der Waals surface area contributed by atoms with Crippen molar-refractivity contribution in [3.63, 3.8) is 0 Å². The zero-order chi connectivity index (χ0) is 26.9. The summed E-state index contributed by atoms with van der Waals surface area (Å²) >= 11 is 0. The second-order valence-electron chi connectivity index (χ2n) is 9.77. The number of hydrogen-bond acceptors (Lipinski definition) is 5. The van der Waals surface area contributed by atoms with Gasteiger partial charge in [0.2, 0.25) is 0 Å². The lowest BCUT2D eigenvalue weighted by molar-refractivity contribution is -0.132. The van der Waals surface area contributed by atoms with E-state index in [4.69, 9.17) is 10.00 Å². The normalized spacial score (nSPS) is 17.1. The molecule has 6 nitrogen and oxygen atoms in total. The molecule has 1 saturated heterocycles. The number of Topliss-reactive ketones (excluding diaryl/α,β-unsaturated/α-hetero) is 1. The number of aliphatic hydroxyl groups excluding tert-OH is 1. The summed E-state index contributed by atoms with van der Waals surface area (Å²) in [5.41, 5.74) is 1.97. The third kappa shape index (κ3) is 4.83. The van der Waals surface area contributed by atoms with Crippen LogP contribution in [0.4, 0.5) is 10.1 Å². The maximum absolute atomic E-state index is 13.8. The van der Waals surface area contributed by atoms with E-state index in [0.29, 0.717) is 34.7 Å². The molecule has 1 fully saturated rings. The molecule has 1 aliphatic rings. The fourth-order valence-corrected chi connectivity index (χ4v) is 4.46. The van der Waals surface area contributed by atoms with Crippen molar-refractivity contribution >= 4 is 23.1 Å². The summed E-state index contributed by atoms with van der Waals surface area (Å²) in [4.78, 5) is 27.9. The summed E-state index contributed by atoms with van der Waals surface area (Å²) in [6.07, 6.45) is 0. The lowest BCUT2D eigenvalue weighted by atomic mass is 9.84. The third-order valence-corrected chi connectivity index (χ3v) is 6.27. The first kappa shape index (κ1) is 25.6. The van der Waals surface area contributed by atoms with Crippen LogP contribution in [0.3, 0.4) is 0 Å². The largest absolute Gasteiger partial charge is 0.507 e. The summed E-state index contributed by atoms with van der Waals surface area (Å²) in [7, 11) is 0. The van der Waals surface area contributed by atoms with E-state index in [9.17, 15) is 19.1 Å². The van der Waals surface area contributed by atoms with E-state index >= 15 is 0 Å². The van der Waals surface area contributed by atoms with Crippen LogP contribution in [0.5, 0.6) is 5.75 Å². The van der Waals surface area contributed by atoms with Crippen molar-refractivity contribution < 1.29 is 23.8 Å². The molecule has 0 spiro atoms. The third-order valence-electron chi connectivity index (χ3n) is 6.27. The molecule has 188 valence electrons. The van der Waals surface area contributed by atoms with E-state index in [1.54, 1.807) is 42.5 Å². The van der Waals surface area contributed by atoms with Crippen molar-refractivity contribution in [3.8, 4) is 11.8 Å². The number of ether oxygens (including phenoxy) is 1. The summed E-state index contributed by atoms with van der Waals surface area (Å²) in [6, 6.07) is 17.8. The molecule has 4 rings (SSSR count). The number of nitriles is 1. The van der Waals surface area contributed by atoms with Gasteiger partial charge in [-0.15, -0.1) is 0 Å². The summed E-state index contributed by atoms with van der Waals surface area (Å²) in [5, 5.41) is 20.6. The number of carbonyl (C=O) groups excluding carboxylic acids is 2. The van der Waals surface area contributed by atoms with Crippen LogP contribution in [-0.4, -0.2) is 23.4 Å². The maximum atomic E-state index is 13.8. The van der Waals surface area contributed by atoms with E-state index < -0.39 is 23.5 Å². The highest BCUT2D eigenvalue weighted by Crippen LogP contribution is 2.43. The number of nitrogens with zero attached hydrogens (tertiary/aromatic N) is 2. The van der Waals surface area contributed by atoms with Gasteiger partial charge in [0, 0.05) is 16.8 Å². The Kier molecular flexibility index (Phi) is 6.86. The summed E-state index contributed by atoms with van der Waals surface area (Å²) in [5.74, 6) is -1.83. The number of aliphatic hydroxyl groups is 1. The molecule has 0 aromatic heterocycles. The number of rotatable bonds is 5. The van der Waals surface area contributed by atoms with E-state index in [1.165, 1.54) is 29.2 Å². The van der Waals surface area contributed by atoms with Crippen LogP contribution in [0.2, 0.25) is 0 Å². The Morgan fingerprint density at radius 1 is 1.05 bits per heavy atom. The van der Waals surface area contributed by atoms with Crippen LogP contribution in [0.1, 0.15) is 56.0 Å². The van der Waals surface area contributed by atoms with Gasteiger partial charge in [0.05, 0.1) is 29.9 Å². The Hall–Kier alpha value is -4.44. The second kappa shape index (κ2) is 9.90. The van der Waals surface area contributed by atoms with E-state index in [1.807, 2.05) is 33.8 Å². The van der Waals surface area contributed by atoms with Crippen LogP contribution >= 0.6 is 0 Å². The number of carbonyl (C=O) groups is 2. The van der Waals surface area contributed by atoms with Crippen molar-refractivity contribution in [1.82, 2.24) is 0 Å². The van der Waals surface area contributed by atoms with Gasteiger partial charge in [-0.3, -0.25) is 14.5 Å². The molecule has 1 heterocycles. The van der Waals surface area contributed by atoms with Gasteiger partial charge >= 0.3 is 0 Å². The lowest BCUT2D eigenvalue weighted by Gasteiger charge is -2.26. The Morgan fingerprint density at radius 2 is 1.70 bits per heavy atom. The second-order valence-corrected chi connectivity index (χ2v) is 9.77. The van der Waals surface area contributed by atoms with Gasteiger partial charge in [-0.1, -0.05) is 32.9 Å². The zero-order valence-electron chi connectivity index (χ0n) is 21.1. The van der Waals surface area contributed by atoms with Crippen LogP contribution < -0.4 is 9.64 Å². The number of ketones is 1. The topological polar surface area (TPSA) is 90.6 Å². The minimum Gasteiger partial charge on any atom is -0.507 e. The van der Waals surface area contributed by atoms with Gasteiger partial charge in [0.1, 0.15) is 17.3 Å². The number of amides is 1. The number of hydrogen-bond donors (Lipinski definition) is 1. The van der Waals surface area contributed by atoms with Gasteiger partial charge in [-0.05, 0) is 72.5 Å².